The van der Waals surface area contributed by atoms with E-state index in [1.54, 1.807) is 20.8 Å². The molecular weight excluding hydrogens is 351 g/mol. The fraction of sp³-hybridized carbons (Fsp3) is 0.800. The lowest BCUT2D eigenvalue weighted by Crippen LogP contribution is -2.54. The Balaban J connectivity index is 2.83. The molecule has 1 fully saturated rings. The molecular formula is C10H21N4O7PS. The molecule has 13 heteroatoms. The van der Waals surface area contributed by atoms with Crippen molar-refractivity contribution < 1.29 is 31.9 Å². The third-order valence-corrected chi connectivity index (χ3v) is 5.79. The molecule has 0 saturated carbocycles. The number of amides is 2. The van der Waals surface area contributed by atoms with E-state index in [-0.39, 0.29) is 13.0 Å². The SMILES string of the molecule is CC(C)(C)OC(=O)N[C@@H]1CCCN([P@@](N)(=O)NS(=O)(=O)O)C1=O. The van der Waals surface area contributed by atoms with Crippen molar-refractivity contribution in [1.82, 2.24) is 14.5 Å². The Morgan fingerprint density at radius 2 is 2.04 bits per heavy atom. The molecule has 0 aromatic rings. The maximum atomic E-state index is 12.2. The van der Waals surface area contributed by atoms with Gasteiger partial charge in [-0.15, -0.1) is 4.49 Å². The molecule has 23 heavy (non-hydrogen) atoms. The first-order valence-corrected chi connectivity index (χ1v) is 9.85. The van der Waals surface area contributed by atoms with Crippen LogP contribution in [0.2, 0.25) is 0 Å². The number of hydrogen-bond acceptors (Lipinski definition) is 6. The Bertz CT molecular complexity index is 630. The van der Waals surface area contributed by atoms with Gasteiger partial charge in [-0.05, 0) is 33.6 Å². The highest BCUT2D eigenvalue weighted by Gasteiger charge is 2.40. The number of rotatable bonds is 4. The number of carbonyl (C=O) groups excluding carboxylic acids is 2. The van der Waals surface area contributed by atoms with E-state index in [0.717, 1.165) is 0 Å². The van der Waals surface area contributed by atoms with Crippen molar-refractivity contribution in [3.63, 3.8) is 0 Å². The molecule has 2 atom stereocenters. The zero-order valence-corrected chi connectivity index (χ0v) is 14.7. The summed E-state index contributed by atoms with van der Waals surface area (Å²) in [6, 6.07) is -1.06. The summed E-state index contributed by atoms with van der Waals surface area (Å²) in [5, 5.41) is 2.32. The zero-order valence-electron chi connectivity index (χ0n) is 13.0. The van der Waals surface area contributed by atoms with Gasteiger partial charge in [0.1, 0.15) is 11.6 Å². The van der Waals surface area contributed by atoms with Crippen molar-refractivity contribution in [2.45, 2.75) is 45.3 Å². The third-order valence-electron chi connectivity index (χ3n) is 2.71. The summed E-state index contributed by atoms with van der Waals surface area (Å²) in [6.45, 7) is 4.85. The number of nitrogens with zero attached hydrogens (tertiary/aromatic N) is 1. The Kier molecular flexibility index (Phi) is 5.81. The largest absolute Gasteiger partial charge is 0.444 e. The molecule has 0 aromatic heterocycles. The highest BCUT2D eigenvalue weighted by Crippen LogP contribution is 2.40. The molecule has 0 spiro atoms. The number of carbonyl (C=O) groups is 2. The molecule has 0 radical (unpaired) electrons. The van der Waals surface area contributed by atoms with Crippen LogP contribution < -0.4 is 15.3 Å². The lowest BCUT2D eigenvalue weighted by Gasteiger charge is -2.35. The summed E-state index contributed by atoms with van der Waals surface area (Å²) in [7, 11) is -9.23. The summed E-state index contributed by atoms with van der Waals surface area (Å²) >= 11 is 0. The molecule has 2 amide bonds. The third kappa shape index (κ3) is 6.43. The molecule has 0 aromatic carbocycles. The Morgan fingerprint density at radius 3 is 2.52 bits per heavy atom. The predicted molar refractivity (Wildman–Crippen MR) is 80.6 cm³/mol. The van der Waals surface area contributed by atoms with Crippen molar-refractivity contribution in [2.75, 3.05) is 6.54 Å². The first-order valence-electron chi connectivity index (χ1n) is 6.68. The first kappa shape index (κ1) is 19.8. The second-order valence-corrected chi connectivity index (χ2v) is 9.40. The fourth-order valence-corrected chi connectivity index (χ4v) is 4.54. The first-order chi connectivity index (χ1) is 10.2. The average molecular weight is 372 g/mol. The highest BCUT2D eigenvalue weighted by molar-refractivity contribution is 7.90. The molecule has 0 aliphatic carbocycles. The van der Waals surface area contributed by atoms with E-state index in [1.165, 1.54) is 4.49 Å². The summed E-state index contributed by atoms with van der Waals surface area (Å²) < 4.78 is 49.3. The van der Waals surface area contributed by atoms with Crippen LogP contribution >= 0.6 is 7.59 Å². The molecule has 1 heterocycles. The Labute approximate surface area is 134 Å². The minimum absolute atomic E-state index is 0.0817. The minimum Gasteiger partial charge on any atom is -0.444 e. The van der Waals surface area contributed by atoms with Gasteiger partial charge in [0.05, 0.1) is 0 Å². The number of piperidine rings is 1. The van der Waals surface area contributed by atoms with Crippen LogP contribution in [0.1, 0.15) is 33.6 Å². The molecule has 5 N–H and O–H groups in total. The quantitative estimate of drug-likeness (QED) is 0.394. The van der Waals surface area contributed by atoms with Crippen molar-refractivity contribution in [2.24, 2.45) is 5.50 Å². The van der Waals surface area contributed by atoms with Crippen LogP contribution in [0.25, 0.3) is 0 Å². The second-order valence-electron chi connectivity index (χ2n) is 5.99. The molecule has 1 aliphatic rings. The maximum Gasteiger partial charge on any atom is 0.408 e. The Morgan fingerprint density at radius 1 is 1.48 bits per heavy atom. The maximum absolute atomic E-state index is 12.2. The van der Waals surface area contributed by atoms with Gasteiger partial charge in [0.25, 0.3) is 5.91 Å². The molecule has 134 valence electrons. The fourth-order valence-electron chi connectivity index (χ4n) is 1.95. The number of alkyl carbamates (subject to hydrolysis) is 1. The smallest absolute Gasteiger partial charge is 0.408 e. The molecule has 1 saturated heterocycles. The molecule has 11 nitrogen and oxygen atoms in total. The number of nitrogens with one attached hydrogen (secondary N) is 2. The van der Waals surface area contributed by atoms with E-state index in [0.29, 0.717) is 11.1 Å². The van der Waals surface area contributed by atoms with Crippen LogP contribution in [0.4, 0.5) is 4.79 Å². The van der Waals surface area contributed by atoms with E-state index in [2.05, 4.69) is 5.32 Å². The molecule has 0 bridgehead atoms. The van der Waals surface area contributed by atoms with Gasteiger partial charge in [-0.3, -0.25) is 24.1 Å². The van der Waals surface area contributed by atoms with E-state index in [4.69, 9.17) is 14.8 Å². The van der Waals surface area contributed by atoms with E-state index in [1.807, 2.05) is 0 Å². The average Bonchev–Trinajstić information content (AvgIpc) is 2.25. The summed E-state index contributed by atoms with van der Waals surface area (Å²) in [5.41, 5.74) is 4.56. The predicted octanol–water partition coefficient (Wildman–Crippen LogP) is -0.0387. The summed E-state index contributed by atoms with van der Waals surface area (Å²) in [4.78, 5) is 23.9. The van der Waals surface area contributed by atoms with Crippen molar-refractivity contribution in [3.05, 3.63) is 0 Å². The van der Waals surface area contributed by atoms with E-state index < -0.39 is 41.5 Å². The van der Waals surface area contributed by atoms with Crippen LogP contribution in [0.15, 0.2) is 0 Å². The second kappa shape index (κ2) is 6.73. The van der Waals surface area contributed by atoms with Gasteiger partial charge >= 0.3 is 24.0 Å². The molecule has 1 rings (SSSR count). The van der Waals surface area contributed by atoms with Crippen molar-refractivity contribution >= 4 is 29.9 Å². The topological polar surface area (TPSA) is 168 Å². The van der Waals surface area contributed by atoms with Gasteiger partial charge in [-0.25, -0.2) is 4.79 Å². The molecule has 0 unspecified atom stereocenters. The van der Waals surface area contributed by atoms with Crippen LogP contribution in [-0.4, -0.2) is 47.8 Å². The highest BCUT2D eigenvalue weighted by atomic mass is 32.2. The van der Waals surface area contributed by atoms with E-state index >= 15 is 0 Å². The van der Waals surface area contributed by atoms with Crippen molar-refractivity contribution in [1.29, 1.82) is 0 Å². The summed E-state index contributed by atoms with van der Waals surface area (Å²) in [5.74, 6) is -0.830. The molecule has 1 aliphatic heterocycles. The number of hydrogen-bond donors (Lipinski definition) is 4. The monoisotopic (exact) mass is 372 g/mol. The van der Waals surface area contributed by atoms with Crippen LogP contribution in [-0.2, 0) is 24.4 Å². The standard InChI is InChI=1S/C10H21N4O7PS/c1-10(2,3)21-9(16)12-7-5-4-6-14(8(7)15)22(11,17)13-23(18,19)20/h7H,4-6H2,1-3H3,(H,12,16)(H3,11,13,17)(H,18,19,20)/t7-,22+/m1/s1. The van der Waals surface area contributed by atoms with Gasteiger partial charge < -0.3 is 10.1 Å². The van der Waals surface area contributed by atoms with Gasteiger partial charge in [0.15, 0.2) is 0 Å². The Hall–Kier alpha value is -1.20. The van der Waals surface area contributed by atoms with Crippen LogP contribution in [0.3, 0.4) is 0 Å². The zero-order chi connectivity index (χ0) is 18.1. The summed E-state index contributed by atoms with van der Waals surface area (Å²) in [6.07, 6.45) is -0.270. The van der Waals surface area contributed by atoms with Gasteiger partial charge in [-0.2, -0.15) is 8.42 Å². The number of ether oxygens (including phenoxy) is 1. The normalized spacial score (nSPS) is 22.4. The van der Waals surface area contributed by atoms with Gasteiger partial charge in [0.2, 0.25) is 0 Å². The lowest BCUT2D eigenvalue weighted by atomic mass is 10.1. The van der Waals surface area contributed by atoms with E-state index in [9.17, 15) is 22.6 Å². The van der Waals surface area contributed by atoms with Crippen LogP contribution in [0, 0.1) is 0 Å². The van der Waals surface area contributed by atoms with Crippen molar-refractivity contribution in [3.8, 4) is 0 Å². The number of nitrogens with two attached hydrogens (primary N) is 1. The lowest BCUT2D eigenvalue weighted by molar-refractivity contribution is -0.130. The van der Waals surface area contributed by atoms with Gasteiger partial charge in [0, 0.05) is 6.54 Å². The van der Waals surface area contributed by atoms with Crippen LogP contribution in [0.5, 0.6) is 0 Å². The van der Waals surface area contributed by atoms with Gasteiger partial charge in [-0.1, -0.05) is 0 Å². The minimum atomic E-state index is -4.86.